The highest BCUT2D eigenvalue weighted by molar-refractivity contribution is 5.72. The Kier molecular flexibility index (Phi) is 1.51. The molecular formula is C8H14N2O. The number of hydrogen-bond acceptors (Lipinski definition) is 1. The van der Waals surface area contributed by atoms with Crippen LogP contribution in [0.3, 0.4) is 0 Å². The number of carbonyl (C=O) groups excluding carboxylic acids is 1. The van der Waals surface area contributed by atoms with Gasteiger partial charge in [-0.3, -0.25) is 0 Å². The van der Waals surface area contributed by atoms with Gasteiger partial charge >= 0.3 is 6.03 Å². The van der Waals surface area contributed by atoms with Gasteiger partial charge in [-0.05, 0) is 31.1 Å². The second-order valence-electron chi connectivity index (χ2n) is 3.79. The first-order valence-electron chi connectivity index (χ1n) is 4.31. The number of hydrogen-bond donors (Lipinski definition) is 2. The third-order valence-corrected chi connectivity index (χ3v) is 3.07. The Balaban J connectivity index is 1.92. The lowest BCUT2D eigenvalue weighted by Crippen LogP contribution is -2.41. The zero-order valence-corrected chi connectivity index (χ0v) is 6.55. The molecule has 2 amide bonds. The molecule has 0 aliphatic heterocycles. The van der Waals surface area contributed by atoms with Crippen LogP contribution >= 0.6 is 0 Å². The van der Waals surface area contributed by atoms with Crippen LogP contribution in [0.2, 0.25) is 0 Å². The van der Waals surface area contributed by atoms with E-state index in [4.69, 9.17) is 5.73 Å². The molecule has 3 atom stereocenters. The second-order valence-corrected chi connectivity index (χ2v) is 3.79. The summed E-state index contributed by atoms with van der Waals surface area (Å²) in [6.45, 7) is 0. The molecule has 0 aromatic carbocycles. The first kappa shape index (κ1) is 6.95. The molecule has 62 valence electrons. The van der Waals surface area contributed by atoms with Gasteiger partial charge < -0.3 is 11.1 Å². The van der Waals surface area contributed by atoms with Crippen molar-refractivity contribution in [2.45, 2.75) is 31.7 Å². The van der Waals surface area contributed by atoms with E-state index < -0.39 is 0 Å². The van der Waals surface area contributed by atoms with Crippen molar-refractivity contribution in [3.63, 3.8) is 0 Å². The maximum absolute atomic E-state index is 10.5. The fraction of sp³-hybridized carbons (Fsp3) is 0.875. The third kappa shape index (κ3) is 1.19. The number of fused-ring (bicyclic) bond motifs is 2. The van der Waals surface area contributed by atoms with Crippen LogP contribution in [-0.2, 0) is 0 Å². The van der Waals surface area contributed by atoms with Crippen molar-refractivity contribution < 1.29 is 4.79 Å². The van der Waals surface area contributed by atoms with Gasteiger partial charge in [-0.25, -0.2) is 4.79 Å². The van der Waals surface area contributed by atoms with Crippen LogP contribution in [0.5, 0.6) is 0 Å². The van der Waals surface area contributed by atoms with Crippen molar-refractivity contribution in [2.24, 2.45) is 17.6 Å². The van der Waals surface area contributed by atoms with Crippen molar-refractivity contribution in [2.75, 3.05) is 0 Å². The minimum atomic E-state index is -0.359. The molecule has 2 fully saturated rings. The average Bonchev–Trinajstić information content (AvgIpc) is 2.45. The van der Waals surface area contributed by atoms with E-state index in [0.29, 0.717) is 6.04 Å². The van der Waals surface area contributed by atoms with Gasteiger partial charge in [-0.2, -0.15) is 0 Å². The van der Waals surface area contributed by atoms with Gasteiger partial charge in [0.15, 0.2) is 0 Å². The van der Waals surface area contributed by atoms with Gasteiger partial charge in [0.1, 0.15) is 0 Å². The minimum Gasteiger partial charge on any atom is -0.352 e. The van der Waals surface area contributed by atoms with Crippen LogP contribution < -0.4 is 11.1 Å². The van der Waals surface area contributed by atoms with Crippen LogP contribution in [-0.4, -0.2) is 12.1 Å². The average molecular weight is 154 g/mol. The molecule has 0 radical (unpaired) electrons. The summed E-state index contributed by atoms with van der Waals surface area (Å²) in [4.78, 5) is 10.5. The Bertz CT molecular complexity index is 181. The summed E-state index contributed by atoms with van der Waals surface area (Å²) >= 11 is 0. The molecule has 0 unspecified atom stereocenters. The standard InChI is InChI=1S/C8H14N2O/c9-8(11)10-7-4-5-1-2-6(7)3-5/h5-7H,1-4H2,(H3,9,10,11)/t5-,6-,7+/m1/s1. The number of urea groups is 1. The lowest BCUT2D eigenvalue weighted by molar-refractivity contribution is 0.239. The van der Waals surface area contributed by atoms with Crippen LogP contribution in [0.4, 0.5) is 4.79 Å². The van der Waals surface area contributed by atoms with Gasteiger partial charge in [-0.1, -0.05) is 6.42 Å². The molecule has 0 spiro atoms. The summed E-state index contributed by atoms with van der Waals surface area (Å²) < 4.78 is 0. The molecule has 2 saturated carbocycles. The highest BCUT2D eigenvalue weighted by Gasteiger charge is 2.39. The highest BCUT2D eigenvalue weighted by Crippen LogP contribution is 2.44. The Morgan fingerprint density at radius 2 is 2.18 bits per heavy atom. The molecule has 2 aliphatic carbocycles. The van der Waals surface area contributed by atoms with E-state index in [9.17, 15) is 4.79 Å². The largest absolute Gasteiger partial charge is 0.352 e. The summed E-state index contributed by atoms with van der Waals surface area (Å²) in [5, 5.41) is 2.81. The van der Waals surface area contributed by atoms with Crippen molar-refractivity contribution in [3.8, 4) is 0 Å². The van der Waals surface area contributed by atoms with Gasteiger partial charge in [0, 0.05) is 6.04 Å². The fourth-order valence-electron chi connectivity index (χ4n) is 2.60. The first-order chi connectivity index (χ1) is 5.25. The van der Waals surface area contributed by atoms with Gasteiger partial charge in [0.05, 0.1) is 0 Å². The smallest absolute Gasteiger partial charge is 0.312 e. The van der Waals surface area contributed by atoms with Gasteiger partial charge in [0.25, 0.3) is 0 Å². The van der Waals surface area contributed by atoms with Crippen LogP contribution in [0, 0.1) is 11.8 Å². The quantitative estimate of drug-likeness (QED) is 0.577. The lowest BCUT2D eigenvalue weighted by atomic mass is 9.96. The summed E-state index contributed by atoms with van der Waals surface area (Å²) in [6.07, 6.45) is 5.12. The summed E-state index contributed by atoms with van der Waals surface area (Å²) in [5.74, 6) is 1.60. The normalized spacial score (nSPS) is 40.9. The fourth-order valence-corrected chi connectivity index (χ4v) is 2.60. The Labute approximate surface area is 66.3 Å². The van der Waals surface area contributed by atoms with Crippen LogP contribution in [0.15, 0.2) is 0 Å². The molecule has 2 bridgehead atoms. The summed E-state index contributed by atoms with van der Waals surface area (Å²) in [6, 6.07) is 0.0359. The predicted octanol–water partition coefficient (Wildman–Crippen LogP) is 0.843. The van der Waals surface area contributed by atoms with Crippen molar-refractivity contribution in [1.29, 1.82) is 0 Å². The van der Waals surface area contributed by atoms with Crippen LogP contribution in [0.25, 0.3) is 0 Å². The van der Waals surface area contributed by atoms with Crippen LogP contribution in [0.1, 0.15) is 25.7 Å². The molecule has 3 heteroatoms. The Morgan fingerprint density at radius 1 is 1.36 bits per heavy atom. The van der Waals surface area contributed by atoms with E-state index in [2.05, 4.69) is 5.32 Å². The molecule has 3 N–H and O–H groups in total. The molecule has 11 heavy (non-hydrogen) atoms. The molecule has 2 rings (SSSR count). The number of amides is 2. The molecule has 0 heterocycles. The number of nitrogens with one attached hydrogen (secondary N) is 1. The predicted molar refractivity (Wildman–Crippen MR) is 42.0 cm³/mol. The molecule has 2 aliphatic rings. The van der Waals surface area contributed by atoms with E-state index >= 15 is 0 Å². The minimum absolute atomic E-state index is 0.359. The van der Waals surface area contributed by atoms with E-state index in [-0.39, 0.29) is 6.03 Å². The molecule has 3 nitrogen and oxygen atoms in total. The SMILES string of the molecule is NC(=O)N[C@H]1C[C@@H]2CC[C@@H]1C2. The second kappa shape index (κ2) is 2.40. The number of rotatable bonds is 1. The third-order valence-electron chi connectivity index (χ3n) is 3.07. The topological polar surface area (TPSA) is 55.1 Å². The number of carbonyl (C=O) groups is 1. The monoisotopic (exact) mass is 154 g/mol. The van der Waals surface area contributed by atoms with E-state index in [1.54, 1.807) is 0 Å². The van der Waals surface area contributed by atoms with Crippen molar-refractivity contribution in [3.05, 3.63) is 0 Å². The maximum atomic E-state index is 10.5. The zero-order valence-electron chi connectivity index (χ0n) is 6.55. The van der Waals surface area contributed by atoms with Gasteiger partial charge in [0.2, 0.25) is 0 Å². The van der Waals surface area contributed by atoms with Gasteiger partial charge in [-0.15, -0.1) is 0 Å². The zero-order chi connectivity index (χ0) is 7.84. The van der Waals surface area contributed by atoms with E-state index in [0.717, 1.165) is 18.3 Å². The Hall–Kier alpha value is -0.730. The molecule has 0 saturated heterocycles. The molecular weight excluding hydrogens is 140 g/mol. The molecule has 0 aromatic heterocycles. The number of nitrogens with two attached hydrogens (primary N) is 1. The molecule has 0 aromatic rings. The van der Waals surface area contributed by atoms with Crippen molar-refractivity contribution >= 4 is 6.03 Å². The van der Waals surface area contributed by atoms with Crippen molar-refractivity contribution in [1.82, 2.24) is 5.32 Å². The first-order valence-corrected chi connectivity index (χ1v) is 4.31. The lowest BCUT2D eigenvalue weighted by Gasteiger charge is -2.21. The van der Waals surface area contributed by atoms with E-state index in [1.165, 1.54) is 19.3 Å². The Morgan fingerprint density at radius 3 is 2.64 bits per heavy atom. The summed E-state index contributed by atoms with van der Waals surface area (Å²) in [7, 11) is 0. The highest BCUT2D eigenvalue weighted by atomic mass is 16.2. The number of primary amides is 1. The maximum Gasteiger partial charge on any atom is 0.312 e. The summed E-state index contributed by atoms with van der Waals surface area (Å²) in [5.41, 5.74) is 5.05. The van der Waals surface area contributed by atoms with E-state index in [1.807, 2.05) is 0 Å².